The molecule has 4 rings (SSSR count). The van der Waals surface area contributed by atoms with Crippen molar-refractivity contribution < 1.29 is 9.59 Å². The van der Waals surface area contributed by atoms with Gasteiger partial charge in [-0.05, 0) is 49.1 Å². The number of amides is 2. The average Bonchev–Trinajstić information content (AvgIpc) is 2.76. The zero-order chi connectivity index (χ0) is 22.0. The van der Waals surface area contributed by atoms with Gasteiger partial charge < -0.3 is 14.4 Å². The van der Waals surface area contributed by atoms with Crippen LogP contribution in [0, 0.1) is 6.92 Å². The summed E-state index contributed by atoms with van der Waals surface area (Å²) in [7, 11) is 0. The number of rotatable bonds is 5. The van der Waals surface area contributed by atoms with Gasteiger partial charge >= 0.3 is 0 Å². The number of imide groups is 1. The van der Waals surface area contributed by atoms with Gasteiger partial charge in [0.15, 0.2) is 0 Å². The number of hydrogen-bond acceptors (Lipinski definition) is 5. The first kappa shape index (κ1) is 21.2. The van der Waals surface area contributed by atoms with Crippen LogP contribution in [0.2, 0.25) is 0 Å². The minimum Gasteiger partial charge on any atom is -0.368 e. The van der Waals surface area contributed by atoms with Crippen LogP contribution in [0.5, 0.6) is 0 Å². The molecule has 2 aliphatic rings. The van der Waals surface area contributed by atoms with Crippen molar-refractivity contribution in [3.05, 3.63) is 58.0 Å². The number of piperidine rings is 1. The van der Waals surface area contributed by atoms with Crippen LogP contribution in [0.1, 0.15) is 43.2 Å². The molecular weight excluding hydrogens is 392 g/mol. The zero-order valence-corrected chi connectivity index (χ0v) is 18.3. The number of carbonyl (C=O) groups is 2. The number of anilines is 2. The molecule has 3 heterocycles. The topological polar surface area (TPSA) is 74.7 Å². The molecule has 31 heavy (non-hydrogen) atoms. The highest BCUT2D eigenvalue weighted by atomic mass is 16.2. The van der Waals surface area contributed by atoms with E-state index in [0.717, 1.165) is 61.6 Å². The molecule has 2 amide bonds. The lowest BCUT2D eigenvalue weighted by molar-refractivity contribution is -0.134. The number of benzene rings is 1. The van der Waals surface area contributed by atoms with Gasteiger partial charge in [0.2, 0.25) is 11.8 Å². The Kier molecular flexibility index (Phi) is 6.11. The minimum atomic E-state index is -0.278. The SMILES string of the molecule is CCCn1cccc(N2CCN(c3cccc(C4CCC(=O)NC4=O)c3C)CC2)c1=O. The third-order valence-corrected chi connectivity index (χ3v) is 6.39. The van der Waals surface area contributed by atoms with Gasteiger partial charge in [-0.25, -0.2) is 0 Å². The molecule has 7 heteroatoms. The largest absolute Gasteiger partial charge is 0.368 e. The Balaban J connectivity index is 1.50. The van der Waals surface area contributed by atoms with Crippen molar-refractivity contribution in [1.29, 1.82) is 0 Å². The van der Waals surface area contributed by atoms with E-state index >= 15 is 0 Å². The fourth-order valence-corrected chi connectivity index (χ4v) is 4.72. The monoisotopic (exact) mass is 422 g/mol. The molecule has 1 aromatic heterocycles. The molecule has 0 bridgehead atoms. The lowest BCUT2D eigenvalue weighted by Gasteiger charge is -2.38. The van der Waals surface area contributed by atoms with Crippen LogP contribution in [-0.4, -0.2) is 42.6 Å². The molecule has 2 aliphatic heterocycles. The minimum absolute atomic E-state index is 0.0776. The number of aryl methyl sites for hydroxylation is 1. The predicted octanol–water partition coefficient (Wildman–Crippen LogP) is 2.41. The molecular formula is C24H30N4O3. The molecule has 2 aromatic rings. The quantitative estimate of drug-likeness (QED) is 0.749. The van der Waals surface area contributed by atoms with Crippen molar-refractivity contribution in [2.45, 2.75) is 45.6 Å². The smallest absolute Gasteiger partial charge is 0.274 e. The van der Waals surface area contributed by atoms with Crippen molar-refractivity contribution in [1.82, 2.24) is 9.88 Å². The fourth-order valence-electron chi connectivity index (χ4n) is 4.72. The van der Waals surface area contributed by atoms with Crippen molar-refractivity contribution in [3.8, 4) is 0 Å². The third-order valence-electron chi connectivity index (χ3n) is 6.39. The molecule has 0 radical (unpaired) electrons. The summed E-state index contributed by atoms with van der Waals surface area (Å²) < 4.78 is 1.79. The third kappa shape index (κ3) is 4.22. The highest BCUT2D eigenvalue weighted by Gasteiger charge is 2.30. The van der Waals surface area contributed by atoms with Gasteiger partial charge in [0.1, 0.15) is 5.69 Å². The van der Waals surface area contributed by atoms with Crippen LogP contribution in [0.3, 0.4) is 0 Å². The van der Waals surface area contributed by atoms with Gasteiger partial charge in [0.25, 0.3) is 5.56 Å². The summed E-state index contributed by atoms with van der Waals surface area (Å²) >= 11 is 0. The molecule has 1 aromatic carbocycles. The standard InChI is InChI=1S/C24H30N4O3/c1-3-11-28-12-5-8-21(24(28)31)27-15-13-26(14-16-27)20-7-4-6-18(17(20)2)19-9-10-22(29)25-23(19)30/h4-8,12,19H,3,9-11,13-16H2,1-2H3,(H,25,29,30). The molecule has 1 N–H and O–H groups in total. The van der Waals surface area contributed by atoms with E-state index in [-0.39, 0.29) is 23.3 Å². The molecule has 164 valence electrons. The van der Waals surface area contributed by atoms with Gasteiger partial charge in [-0.3, -0.25) is 19.7 Å². The van der Waals surface area contributed by atoms with E-state index in [1.165, 1.54) is 0 Å². The normalized spacial score (nSPS) is 19.5. The molecule has 1 unspecified atom stereocenters. The molecule has 2 saturated heterocycles. The van der Waals surface area contributed by atoms with Crippen molar-refractivity contribution in [3.63, 3.8) is 0 Å². The highest BCUT2D eigenvalue weighted by molar-refractivity contribution is 6.01. The molecule has 0 saturated carbocycles. The van der Waals surface area contributed by atoms with Crippen LogP contribution in [0.15, 0.2) is 41.3 Å². The summed E-state index contributed by atoms with van der Waals surface area (Å²) in [4.78, 5) is 41.2. The van der Waals surface area contributed by atoms with Crippen molar-refractivity contribution in [2.24, 2.45) is 0 Å². The molecule has 2 fully saturated rings. The van der Waals surface area contributed by atoms with Gasteiger partial charge in [0.05, 0.1) is 5.92 Å². The van der Waals surface area contributed by atoms with E-state index in [1.54, 1.807) is 4.57 Å². The summed E-state index contributed by atoms with van der Waals surface area (Å²) in [6.45, 7) is 8.02. The first-order valence-corrected chi connectivity index (χ1v) is 11.1. The second kappa shape index (κ2) is 8.96. The highest BCUT2D eigenvalue weighted by Crippen LogP contribution is 2.33. The van der Waals surface area contributed by atoms with E-state index in [9.17, 15) is 14.4 Å². The van der Waals surface area contributed by atoms with E-state index in [4.69, 9.17) is 0 Å². The molecule has 1 atom stereocenters. The number of carbonyl (C=O) groups excluding carboxylic acids is 2. The van der Waals surface area contributed by atoms with E-state index in [1.807, 2.05) is 30.5 Å². The zero-order valence-electron chi connectivity index (χ0n) is 18.3. The Morgan fingerprint density at radius 2 is 1.65 bits per heavy atom. The van der Waals surface area contributed by atoms with E-state index in [2.05, 4.69) is 35.0 Å². The van der Waals surface area contributed by atoms with Crippen LogP contribution >= 0.6 is 0 Å². The number of nitrogens with zero attached hydrogens (tertiary/aromatic N) is 3. The second-order valence-corrected chi connectivity index (χ2v) is 8.36. The van der Waals surface area contributed by atoms with Gasteiger partial charge in [-0.2, -0.15) is 0 Å². The Morgan fingerprint density at radius 1 is 0.968 bits per heavy atom. The summed E-state index contributed by atoms with van der Waals surface area (Å²) in [6, 6.07) is 9.95. The first-order chi connectivity index (χ1) is 15.0. The Morgan fingerprint density at radius 3 is 2.32 bits per heavy atom. The van der Waals surface area contributed by atoms with Crippen molar-refractivity contribution in [2.75, 3.05) is 36.0 Å². The summed E-state index contributed by atoms with van der Waals surface area (Å²) in [5.74, 6) is -0.667. The number of aromatic nitrogens is 1. The molecule has 7 nitrogen and oxygen atoms in total. The van der Waals surface area contributed by atoms with Crippen LogP contribution < -0.4 is 20.7 Å². The Bertz CT molecular complexity index is 1040. The summed E-state index contributed by atoms with van der Waals surface area (Å²) in [6.07, 6.45) is 3.72. The Hall–Kier alpha value is -3.09. The van der Waals surface area contributed by atoms with Crippen LogP contribution in [0.4, 0.5) is 11.4 Å². The maximum atomic E-state index is 12.8. The fraction of sp³-hybridized carbons (Fsp3) is 0.458. The van der Waals surface area contributed by atoms with Crippen molar-refractivity contribution >= 4 is 23.2 Å². The maximum absolute atomic E-state index is 12.8. The number of hydrogen-bond donors (Lipinski definition) is 1. The maximum Gasteiger partial charge on any atom is 0.274 e. The summed E-state index contributed by atoms with van der Waals surface area (Å²) in [5.41, 5.74) is 4.06. The van der Waals surface area contributed by atoms with Gasteiger partial charge in [0, 0.05) is 51.0 Å². The van der Waals surface area contributed by atoms with Gasteiger partial charge in [-0.1, -0.05) is 19.1 Å². The van der Waals surface area contributed by atoms with Gasteiger partial charge in [-0.15, -0.1) is 0 Å². The molecule has 0 aliphatic carbocycles. The lowest BCUT2D eigenvalue weighted by Crippen LogP contribution is -2.48. The number of nitrogens with one attached hydrogen (secondary N) is 1. The Labute approximate surface area is 182 Å². The lowest BCUT2D eigenvalue weighted by atomic mass is 9.87. The summed E-state index contributed by atoms with van der Waals surface area (Å²) in [5, 5.41) is 2.47. The van der Waals surface area contributed by atoms with Crippen LogP contribution in [0.25, 0.3) is 0 Å². The first-order valence-electron chi connectivity index (χ1n) is 11.1. The van der Waals surface area contributed by atoms with E-state index in [0.29, 0.717) is 12.8 Å². The average molecular weight is 423 g/mol. The number of piperazine rings is 1. The second-order valence-electron chi connectivity index (χ2n) is 8.36. The number of pyridine rings is 1. The van der Waals surface area contributed by atoms with Crippen LogP contribution in [-0.2, 0) is 16.1 Å². The predicted molar refractivity (Wildman–Crippen MR) is 122 cm³/mol. The van der Waals surface area contributed by atoms with E-state index < -0.39 is 0 Å². The molecule has 0 spiro atoms.